The zero-order valence-corrected chi connectivity index (χ0v) is 18.4. The molecule has 28 heavy (non-hydrogen) atoms. The first kappa shape index (κ1) is 21.2. The Hall–Kier alpha value is -1.53. The average Bonchev–Trinajstić information content (AvgIpc) is 2.72. The maximum absolute atomic E-state index is 6.29. The molecule has 4 nitrogen and oxygen atoms in total. The molecule has 3 rings (SSSR count). The largest absolute Gasteiger partial charge is 0.493 e. The Bertz CT molecular complexity index is 819. The molecule has 0 aliphatic carbocycles. The topological polar surface area (TPSA) is 24.9 Å². The Labute approximate surface area is 181 Å². The molecule has 0 atom stereocenters. The second-order valence-corrected chi connectivity index (χ2v) is 7.75. The number of rotatable bonds is 6. The minimum atomic E-state index is 0.234. The van der Waals surface area contributed by atoms with Crippen molar-refractivity contribution in [3.05, 3.63) is 57.6 Å². The third-order valence-corrected chi connectivity index (χ3v) is 6.14. The van der Waals surface area contributed by atoms with E-state index in [0.29, 0.717) is 21.5 Å². The summed E-state index contributed by atoms with van der Waals surface area (Å²) in [6, 6.07) is 11.2. The number of hydrogen-bond donors (Lipinski definition) is 0. The van der Waals surface area contributed by atoms with Crippen LogP contribution in [0.15, 0.2) is 36.4 Å². The van der Waals surface area contributed by atoms with Gasteiger partial charge in [0.05, 0.1) is 12.7 Å². The van der Waals surface area contributed by atoms with Crippen LogP contribution in [0.5, 0.6) is 11.5 Å². The van der Waals surface area contributed by atoms with Crippen molar-refractivity contribution in [2.45, 2.75) is 13.5 Å². The van der Waals surface area contributed by atoms with Gasteiger partial charge >= 0.3 is 0 Å². The van der Waals surface area contributed by atoms with Crippen molar-refractivity contribution < 1.29 is 9.47 Å². The number of halogens is 2. The molecule has 0 amide bonds. The second-order valence-electron chi connectivity index (χ2n) is 6.55. The van der Waals surface area contributed by atoms with Crippen LogP contribution in [0.1, 0.15) is 18.1 Å². The second kappa shape index (κ2) is 9.79. The molecule has 1 heterocycles. The number of hydrogen-bond acceptors (Lipinski definition) is 4. The summed E-state index contributed by atoms with van der Waals surface area (Å²) < 4.78 is 11.7. The lowest BCUT2D eigenvalue weighted by atomic mass is 10.1. The third-order valence-electron chi connectivity index (χ3n) is 4.96. The van der Waals surface area contributed by atoms with Crippen molar-refractivity contribution in [3.63, 3.8) is 0 Å². The number of para-hydroxylation sites is 1. The number of methoxy groups -OCH3 is 1. The highest BCUT2D eigenvalue weighted by Gasteiger charge is 2.23. The normalized spacial score (nSPS) is 14.8. The van der Waals surface area contributed by atoms with Gasteiger partial charge in [-0.2, -0.15) is 0 Å². The van der Waals surface area contributed by atoms with Crippen molar-refractivity contribution in [2.75, 3.05) is 39.8 Å². The maximum atomic E-state index is 6.29. The number of likely N-dealkylation sites (N-methyl/N-ethyl adjacent to an activating group) is 1. The fraction of sp³-hybridized carbons (Fsp3) is 0.381. The van der Waals surface area contributed by atoms with E-state index in [1.807, 2.05) is 24.3 Å². The third kappa shape index (κ3) is 4.71. The van der Waals surface area contributed by atoms with E-state index in [1.165, 1.54) is 0 Å². The first-order valence-electron chi connectivity index (χ1n) is 9.29. The highest BCUT2D eigenvalue weighted by molar-refractivity contribution is 7.80. The molecular weight excluding hydrogens is 415 g/mol. The monoisotopic (exact) mass is 438 g/mol. The van der Waals surface area contributed by atoms with E-state index in [9.17, 15) is 0 Å². The van der Waals surface area contributed by atoms with Crippen LogP contribution in [0.2, 0.25) is 10.0 Å². The molecule has 0 spiro atoms. The van der Waals surface area contributed by atoms with E-state index in [1.54, 1.807) is 19.2 Å². The molecule has 0 radical (unpaired) electrons. The molecule has 1 aliphatic rings. The van der Waals surface area contributed by atoms with Gasteiger partial charge in [-0.1, -0.05) is 54.5 Å². The van der Waals surface area contributed by atoms with Gasteiger partial charge < -0.3 is 19.3 Å². The Morgan fingerprint density at radius 3 is 2.29 bits per heavy atom. The average molecular weight is 439 g/mol. The minimum absolute atomic E-state index is 0.234. The van der Waals surface area contributed by atoms with Crippen molar-refractivity contribution in [3.8, 4) is 11.5 Å². The van der Waals surface area contributed by atoms with E-state index >= 15 is 0 Å². The van der Waals surface area contributed by atoms with Crippen LogP contribution in [0.3, 0.4) is 0 Å². The molecule has 0 aromatic heterocycles. The van der Waals surface area contributed by atoms with Gasteiger partial charge in [0.15, 0.2) is 11.5 Å². The summed E-state index contributed by atoms with van der Waals surface area (Å²) >= 11 is 18.4. The quantitative estimate of drug-likeness (QED) is 0.597. The Balaban J connectivity index is 1.83. The van der Waals surface area contributed by atoms with E-state index in [0.717, 1.165) is 48.8 Å². The van der Waals surface area contributed by atoms with Crippen LogP contribution in [-0.4, -0.2) is 54.6 Å². The van der Waals surface area contributed by atoms with Gasteiger partial charge in [0, 0.05) is 41.8 Å². The van der Waals surface area contributed by atoms with Gasteiger partial charge in [0.2, 0.25) is 0 Å². The van der Waals surface area contributed by atoms with Crippen LogP contribution in [-0.2, 0) is 6.61 Å². The smallest absolute Gasteiger partial charge is 0.171 e. The molecule has 2 aromatic rings. The van der Waals surface area contributed by atoms with E-state index < -0.39 is 0 Å². The van der Waals surface area contributed by atoms with Crippen molar-refractivity contribution in [1.82, 2.24) is 9.80 Å². The number of nitrogens with zero attached hydrogens (tertiary/aromatic N) is 2. The van der Waals surface area contributed by atoms with E-state index in [2.05, 4.69) is 16.7 Å². The molecule has 0 bridgehead atoms. The van der Waals surface area contributed by atoms with Gasteiger partial charge in [-0.3, -0.25) is 0 Å². The van der Waals surface area contributed by atoms with Crippen LogP contribution < -0.4 is 9.47 Å². The highest BCUT2D eigenvalue weighted by atomic mass is 35.5. The Morgan fingerprint density at radius 2 is 1.68 bits per heavy atom. The maximum Gasteiger partial charge on any atom is 0.171 e. The van der Waals surface area contributed by atoms with E-state index in [-0.39, 0.29) is 6.61 Å². The lowest BCUT2D eigenvalue weighted by molar-refractivity contribution is 0.191. The number of thiocarbonyl (C=S) groups is 1. The van der Waals surface area contributed by atoms with Gasteiger partial charge in [-0.05, 0) is 30.8 Å². The minimum Gasteiger partial charge on any atom is -0.493 e. The van der Waals surface area contributed by atoms with Crippen molar-refractivity contribution >= 4 is 40.4 Å². The highest BCUT2D eigenvalue weighted by Crippen LogP contribution is 2.34. The fourth-order valence-electron chi connectivity index (χ4n) is 3.25. The summed E-state index contributed by atoms with van der Waals surface area (Å²) in [5, 5.41) is 1.14. The van der Waals surface area contributed by atoms with Gasteiger partial charge in [0.1, 0.15) is 11.6 Å². The van der Waals surface area contributed by atoms with Crippen molar-refractivity contribution in [1.29, 1.82) is 0 Å². The summed E-state index contributed by atoms with van der Waals surface area (Å²) in [5.41, 5.74) is 1.59. The Morgan fingerprint density at radius 1 is 1.04 bits per heavy atom. The summed E-state index contributed by atoms with van der Waals surface area (Å²) in [6.45, 7) is 7.30. The molecule has 1 aliphatic heterocycles. The molecule has 0 unspecified atom stereocenters. The first-order chi connectivity index (χ1) is 13.5. The standard InChI is InChI=1S/C21H24Cl2N2O2S/c1-3-24-10-12-25(13-11-24)21(28)15-6-4-9-19(26-2)20(15)27-14-16-17(22)7-5-8-18(16)23/h4-9H,3,10-14H2,1-2H3. The van der Waals surface area contributed by atoms with Crippen LogP contribution >= 0.6 is 35.4 Å². The SMILES string of the molecule is CCN1CCN(C(=S)c2cccc(OC)c2OCc2c(Cl)cccc2Cl)CC1. The number of ether oxygens (including phenoxy) is 2. The van der Waals surface area contributed by atoms with Crippen LogP contribution in [0.4, 0.5) is 0 Å². The first-order valence-corrected chi connectivity index (χ1v) is 10.5. The summed E-state index contributed by atoms with van der Waals surface area (Å²) in [6.07, 6.45) is 0. The van der Waals surface area contributed by atoms with Crippen LogP contribution in [0, 0.1) is 0 Å². The molecule has 150 valence electrons. The zero-order chi connectivity index (χ0) is 20.1. The molecule has 0 N–H and O–H groups in total. The zero-order valence-electron chi connectivity index (χ0n) is 16.1. The lowest BCUT2D eigenvalue weighted by Crippen LogP contribution is -2.48. The fourth-order valence-corrected chi connectivity index (χ4v) is 4.10. The lowest BCUT2D eigenvalue weighted by Gasteiger charge is -2.36. The molecule has 1 fully saturated rings. The van der Waals surface area contributed by atoms with Crippen LogP contribution in [0.25, 0.3) is 0 Å². The predicted molar refractivity (Wildman–Crippen MR) is 119 cm³/mol. The van der Waals surface area contributed by atoms with Crippen molar-refractivity contribution in [2.24, 2.45) is 0 Å². The molecule has 2 aromatic carbocycles. The molecule has 1 saturated heterocycles. The molecule has 0 saturated carbocycles. The Kier molecular flexibility index (Phi) is 7.41. The van der Waals surface area contributed by atoms with Gasteiger partial charge in [-0.15, -0.1) is 0 Å². The predicted octanol–water partition coefficient (Wildman–Crippen LogP) is 4.89. The summed E-state index contributed by atoms with van der Waals surface area (Å²) in [4.78, 5) is 5.42. The summed E-state index contributed by atoms with van der Waals surface area (Å²) in [5.74, 6) is 1.25. The van der Waals surface area contributed by atoms with Gasteiger partial charge in [-0.25, -0.2) is 0 Å². The molecule has 7 heteroatoms. The molecular formula is C21H24Cl2N2O2S. The number of piperazine rings is 1. The number of benzene rings is 2. The van der Waals surface area contributed by atoms with Gasteiger partial charge in [0.25, 0.3) is 0 Å². The van der Waals surface area contributed by atoms with E-state index in [4.69, 9.17) is 44.9 Å². The summed E-state index contributed by atoms with van der Waals surface area (Å²) in [7, 11) is 1.62.